The zero-order valence-electron chi connectivity index (χ0n) is 47.1. The number of nitrogens with one attached hydrogen (secondary N) is 8. The molecule has 0 saturated heterocycles. The number of carbonyl (C=O) groups excluding carboxylic acids is 8. The quantitative estimate of drug-likeness (QED) is 0.0221. The molecule has 3 aromatic rings. The van der Waals surface area contributed by atoms with E-state index in [1.165, 1.54) is 30.3 Å². The molecule has 26 heteroatoms. The summed E-state index contributed by atoms with van der Waals surface area (Å²) in [6.07, 6.45) is 1.50. The van der Waals surface area contributed by atoms with Crippen LogP contribution in [0.2, 0.25) is 0 Å². The largest absolute Gasteiger partial charge is 0.377 e. The minimum Gasteiger partial charge on any atom is -0.377 e. The standard InChI is InChI=1S/C54H83N13O12S/c1-9-34(6)48(52(73)59-31-44(57)68)65-54(75)47(33(4)5)64-50(71)40(18-10-11-27-55)62-53(74)46(32(2)3)63-51(72)41(61-49(70)39(56)30-35-21-23-36(24-22-35)67(76)77)25-26-45(69)58-28-12-13-29-60-80(78,79)43-20-15-16-37-38(43)17-14-19-42(37)66(7)8/h14-17,19-24,32-34,39-41,46-48,60H,9-13,18,25-31,55-56H2,1-8H3,(H2,57,68)(H,58,69)(H,59,73)(H,61,70)(H,62,74)(H,63,72)(H,64,71)(H,65,75)/t34?,39-,40-,41-,46-,47-,48-/m0/s1. The maximum Gasteiger partial charge on any atom is 0.269 e. The van der Waals surface area contributed by atoms with Gasteiger partial charge < -0.3 is 59.3 Å². The van der Waals surface area contributed by atoms with E-state index in [9.17, 15) is 56.9 Å². The van der Waals surface area contributed by atoms with Gasteiger partial charge >= 0.3 is 0 Å². The van der Waals surface area contributed by atoms with Crippen molar-refractivity contribution in [1.82, 2.24) is 41.9 Å². The second kappa shape index (κ2) is 32.7. The Bertz CT molecular complexity index is 2730. The van der Waals surface area contributed by atoms with Crippen molar-refractivity contribution in [2.45, 2.75) is 140 Å². The molecule has 80 heavy (non-hydrogen) atoms. The summed E-state index contributed by atoms with van der Waals surface area (Å²) in [5.74, 6) is -7.33. The second-order valence-corrected chi connectivity index (χ2v) is 22.4. The molecule has 7 atom stereocenters. The number of amides is 8. The number of anilines is 1. The Morgan fingerprint density at radius 2 is 1.20 bits per heavy atom. The number of fused-ring (bicyclic) bond motifs is 1. The van der Waals surface area contributed by atoms with Crippen LogP contribution in [-0.2, 0) is 54.8 Å². The van der Waals surface area contributed by atoms with Crippen molar-refractivity contribution in [2.75, 3.05) is 45.2 Å². The number of nitro benzene ring substituents is 1. The summed E-state index contributed by atoms with van der Waals surface area (Å²) in [4.78, 5) is 120. The summed E-state index contributed by atoms with van der Waals surface area (Å²) < 4.78 is 29.4. The molecule has 442 valence electrons. The van der Waals surface area contributed by atoms with Crippen molar-refractivity contribution in [1.29, 1.82) is 0 Å². The average Bonchev–Trinajstić information content (AvgIpc) is 3.42. The lowest BCUT2D eigenvalue weighted by Crippen LogP contribution is -2.61. The number of non-ortho nitro benzene ring substituents is 1. The maximum absolute atomic E-state index is 14.2. The first kappa shape index (κ1) is 67.0. The van der Waals surface area contributed by atoms with E-state index in [0.717, 1.165) is 11.1 Å². The summed E-state index contributed by atoms with van der Waals surface area (Å²) in [6.45, 7) is 10.2. The predicted molar refractivity (Wildman–Crippen MR) is 304 cm³/mol. The number of sulfonamides is 1. The van der Waals surface area contributed by atoms with Gasteiger partial charge in [0.05, 0.1) is 22.4 Å². The number of hydrogen-bond donors (Lipinski definition) is 11. The highest BCUT2D eigenvalue weighted by Gasteiger charge is 2.36. The number of benzene rings is 3. The molecule has 3 rings (SSSR count). The fourth-order valence-electron chi connectivity index (χ4n) is 8.49. The molecule has 0 radical (unpaired) electrons. The van der Waals surface area contributed by atoms with Crippen molar-refractivity contribution in [3.63, 3.8) is 0 Å². The number of unbranched alkanes of at least 4 members (excludes halogenated alkanes) is 2. The fourth-order valence-corrected chi connectivity index (χ4v) is 9.79. The molecule has 0 heterocycles. The SMILES string of the molecule is CCC(C)[C@H](NC(=O)[C@@H](NC(=O)[C@H](CCCCN)NC(=O)[C@@H](NC(=O)[C@H](CCC(=O)NCCCCNS(=O)(=O)c1cccc2c(N(C)C)cccc12)NC(=O)[C@@H](N)Cc1ccc([N+](=O)[O-])cc1)C(C)C)C(C)C)C(=O)NCC(N)=O. The van der Waals surface area contributed by atoms with Gasteiger partial charge in [-0.25, -0.2) is 13.1 Å². The lowest BCUT2D eigenvalue weighted by molar-refractivity contribution is -0.384. The zero-order valence-corrected chi connectivity index (χ0v) is 47.9. The van der Waals surface area contributed by atoms with Gasteiger partial charge in [-0.2, -0.15) is 0 Å². The summed E-state index contributed by atoms with van der Waals surface area (Å²) in [5.41, 5.74) is 18.4. The van der Waals surface area contributed by atoms with Crippen LogP contribution in [0.1, 0.15) is 98.5 Å². The third-order valence-corrected chi connectivity index (χ3v) is 14.9. The van der Waals surface area contributed by atoms with Crippen molar-refractivity contribution < 1.29 is 51.7 Å². The average molecular weight is 1140 g/mol. The number of nitro groups is 1. The highest BCUT2D eigenvalue weighted by molar-refractivity contribution is 7.89. The van der Waals surface area contributed by atoms with Gasteiger partial charge in [0, 0.05) is 62.2 Å². The third-order valence-electron chi connectivity index (χ3n) is 13.4. The maximum atomic E-state index is 14.2. The number of nitrogens with two attached hydrogens (primary N) is 3. The molecule has 0 fully saturated rings. The van der Waals surface area contributed by atoms with Gasteiger partial charge in [0.1, 0.15) is 30.2 Å². The van der Waals surface area contributed by atoms with Crippen LogP contribution >= 0.6 is 0 Å². The molecule has 8 amide bonds. The van der Waals surface area contributed by atoms with E-state index in [1.807, 2.05) is 38.1 Å². The predicted octanol–water partition coefficient (Wildman–Crippen LogP) is 0.851. The number of primary amides is 1. The first-order valence-electron chi connectivity index (χ1n) is 26.9. The van der Waals surface area contributed by atoms with E-state index in [0.29, 0.717) is 43.1 Å². The molecule has 0 aliphatic rings. The third kappa shape index (κ3) is 21.1. The van der Waals surface area contributed by atoms with Gasteiger partial charge in [-0.3, -0.25) is 48.5 Å². The summed E-state index contributed by atoms with van der Waals surface area (Å²) >= 11 is 0. The van der Waals surface area contributed by atoms with Crippen LogP contribution < -0.4 is 64.0 Å². The van der Waals surface area contributed by atoms with Crippen molar-refractivity contribution in [2.24, 2.45) is 35.0 Å². The Hall–Kier alpha value is -7.29. The monoisotopic (exact) mass is 1140 g/mol. The molecule has 0 aliphatic carbocycles. The smallest absolute Gasteiger partial charge is 0.269 e. The molecule has 3 aromatic carbocycles. The summed E-state index contributed by atoms with van der Waals surface area (Å²) in [7, 11) is -0.154. The molecule has 0 bridgehead atoms. The molecule has 0 aromatic heterocycles. The van der Waals surface area contributed by atoms with E-state index in [4.69, 9.17) is 17.2 Å². The van der Waals surface area contributed by atoms with Crippen LogP contribution in [0.3, 0.4) is 0 Å². The van der Waals surface area contributed by atoms with Crippen LogP contribution in [0, 0.1) is 27.9 Å². The molecule has 25 nitrogen and oxygen atoms in total. The molecule has 0 aliphatic heterocycles. The van der Waals surface area contributed by atoms with Gasteiger partial charge in [0.15, 0.2) is 0 Å². The van der Waals surface area contributed by atoms with Crippen LogP contribution in [0.5, 0.6) is 0 Å². The molecule has 14 N–H and O–H groups in total. The van der Waals surface area contributed by atoms with E-state index in [1.54, 1.807) is 52.8 Å². The minimum atomic E-state index is -3.90. The molecular formula is C54H83N13O12S. The topological polar surface area (TPSA) is 391 Å². The second-order valence-electron chi connectivity index (χ2n) is 20.7. The number of carbonyl (C=O) groups is 8. The minimum absolute atomic E-state index is 0.0736. The van der Waals surface area contributed by atoms with Gasteiger partial charge in [0.25, 0.3) is 5.69 Å². The zero-order chi connectivity index (χ0) is 59.9. The van der Waals surface area contributed by atoms with Gasteiger partial charge in [-0.05, 0) is 86.9 Å². The van der Waals surface area contributed by atoms with E-state index in [2.05, 4.69) is 41.9 Å². The Balaban J connectivity index is 1.77. The number of nitrogens with zero attached hydrogens (tertiary/aromatic N) is 2. The highest BCUT2D eigenvalue weighted by atomic mass is 32.2. The first-order chi connectivity index (χ1) is 37.7. The van der Waals surface area contributed by atoms with Crippen molar-refractivity contribution in [3.05, 3.63) is 76.3 Å². The van der Waals surface area contributed by atoms with Gasteiger partial charge in [-0.1, -0.05) is 84.4 Å². The highest BCUT2D eigenvalue weighted by Crippen LogP contribution is 2.30. The normalized spacial score (nSPS) is 14.1. The lowest BCUT2D eigenvalue weighted by Gasteiger charge is -2.30. The number of rotatable bonds is 35. The first-order valence-corrected chi connectivity index (χ1v) is 28.4. The molecule has 0 spiro atoms. The van der Waals surface area contributed by atoms with Crippen LogP contribution in [0.25, 0.3) is 10.8 Å². The molecule has 1 unspecified atom stereocenters. The van der Waals surface area contributed by atoms with Crippen molar-refractivity contribution >= 4 is 79.4 Å². The van der Waals surface area contributed by atoms with Crippen LogP contribution in [0.15, 0.2) is 65.6 Å². The van der Waals surface area contributed by atoms with Crippen LogP contribution in [-0.4, -0.2) is 137 Å². The molecular weight excluding hydrogens is 1050 g/mol. The van der Waals surface area contributed by atoms with E-state index in [-0.39, 0.29) is 61.8 Å². The summed E-state index contributed by atoms with van der Waals surface area (Å²) in [5, 5.41) is 31.1. The van der Waals surface area contributed by atoms with Crippen molar-refractivity contribution in [3.8, 4) is 0 Å². The lowest BCUT2D eigenvalue weighted by atomic mass is 9.96. The Kier molecular flexibility index (Phi) is 27.4. The van der Waals surface area contributed by atoms with Crippen LogP contribution in [0.4, 0.5) is 11.4 Å². The van der Waals surface area contributed by atoms with Gasteiger partial charge in [0.2, 0.25) is 57.3 Å². The van der Waals surface area contributed by atoms with E-state index < -0.39 is 117 Å². The summed E-state index contributed by atoms with van der Waals surface area (Å²) in [6, 6.07) is 8.36. The molecule has 0 saturated carbocycles. The Morgan fingerprint density at radius 3 is 1.76 bits per heavy atom. The Morgan fingerprint density at radius 1 is 0.650 bits per heavy atom. The Labute approximate surface area is 468 Å². The van der Waals surface area contributed by atoms with Gasteiger partial charge in [-0.15, -0.1) is 0 Å². The fraction of sp³-hybridized carbons (Fsp3) is 0.556. The number of hydrogen-bond acceptors (Lipinski definition) is 15. The van der Waals surface area contributed by atoms with E-state index >= 15 is 0 Å².